The molecule has 3 aromatic rings. The van der Waals surface area contributed by atoms with E-state index in [-0.39, 0.29) is 5.91 Å². The average molecular weight is 551 g/mol. The Morgan fingerprint density at radius 1 is 0.975 bits per heavy atom. The lowest BCUT2D eigenvalue weighted by molar-refractivity contribution is -0.137. The summed E-state index contributed by atoms with van der Waals surface area (Å²) in [5.74, 6) is 1.76. The van der Waals surface area contributed by atoms with Gasteiger partial charge < -0.3 is 15.5 Å². The first-order valence-electron chi connectivity index (χ1n) is 14.3. The quantitative estimate of drug-likeness (QED) is 0.322. The standard InChI is InChI=1S/C32H37F3N4O/c1-36-31(40)26-9-4-8-23(19-26)24-15-16-37-30(20-24)38-29-10-3-2-7-25(29)18-22-6-5-17-39(21-22)28-13-11-27(12-14-28)32(33,34)35/h4,8-9,11-16,19-20,22,25,29H,2-3,5-7,10,17-18,21H2,1H3,(H,36,40)(H,37,38)/t22-,25+,29-/m1/s1. The predicted octanol–water partition coefficient (Wildman–Crippen LogP) is 7.40. The third-order valence-electron chi connectivity index (χ3n) is 8.40. The van der Waals surface area contributed by atoms with Crippen LogP contribution < -0.4 is 15.5 Å². The van der Waals surface area contributed by atoms with Gasteiger partial charge in [0.2, 0.25) is 0 Å². The zero-order chi connectivity index (χ0) is 28.1. The molecule has 0 radical (unpaired) electrons. The molecule has 0 unspecified atom stereocenters. The van der Waals surface area contributed by atoms with Crippen molar-refractivity contribution < 1.29 is 18.0 Å². The Labute approximate surface area is 234 Å². The minimum Gasteiger partial charge on any atom is -0.371 e. The summed E-state index contributed by atoms with van der Waals surface area (Å²) in [5.41, 5.74) is 2.87. The topological polar surface area (TPSA) is 57.3 Å². The van der Waals surface area contributed by atoms with Crippen LogP contribution in [0, 0.1) is 11.8 Å². The smallest absolute Gasteiger partial charge is 0.371 e. The molecule has 2 heterocycles. The monoisotopic (exact) mass is 550 g/mol. The van der Waals surface area contributed by atoms with E-state index in [1.165, 1.54) is 31.4 Å². The van der Waals surface area contributed by atoms with Gasteiger partial charge in [-0.3, -0.25) is 4.79 Å². The largest absolute Gasteiger partial charge is 0.416 e. The predicted molar refractivity (Wildman–Crippen MR) is 153 cm³/mol. The van der Waals surface area contributed by atoms with Crippen LogP contribution in [-0.2, 0) is 6.18 Å². The highest BCUT2D eigenvalue weighted by atomic mass is 19.4. The molecule has 8 heteroatoms. The molecule has 1 saturated heterocycles. The molecule has 212 valence electrons. The van der Waals surface area contributed by atoms with Crippen molar-refractivity contribution in [3.63, 3.8) is 0 Å². The van der Waals surface area contributed by atoms with Crippen LogP contribution in [0.5, 0.6) is 0 Å². The fraction of sp³-hybridized carbons (Fsp3) is 0.438. The van der Waals surface area contributed by atoms with Crippen LogP contribution in [0.2, 0.25) is 0 Å². The van der Waals surface area contributed by atoms with Gasteiger partial charge >= 0.3 is 6.18 Å². The number of hydrogen-bond donors (Lipinski definition) is 2. The Morgan fingerprint density at radius 3 is 2.52 bits per heavy atom. The van der Waals surface area contributed by atoms with Gasteiger partial charge in [-0.05, 0) is 104 Å². The summed E-state index contributed by atoms with van der Waals surface area (Å²) < 4.78 is 39.0. The van der Waals surface area contributed by atoms with Crippen molar-refractivity contribution in [2.24, 2.45) is 11.8 Å². The fourth-order valence-electron chi connectivity index (χ4n) is 6.32. The number of carbonyl (C=O) groups is 1. The Bertz CT molecular complexity index is 1290. The van der Waals surface area contributed by atoms with Crippen molar-refractivity contribution in [2.45, 2.75) is 57.2 Å². The number of piperidine rings is 1. The molecule has 1 saturated carbocycles. The maximum atomic E-state index is 13.0. The van der Waals surface area contributed by atoms with E-state index < -0.39 is 11.7 Å². The third kappa shape index (κ3) is 6.77. The zero-order valence-corrected chi connectivity index (χ0v) is 22.9. The summed E-state index contributed by atoms with van der Waals surface area (Å²) in [5, 5.41) is 6.41. The number of alkyl halides is 3. The first-order chi connectivity index (χ1) is 19.3. The molecular weight excluding hydrogens is 513 g/mol. The van der Waals surface area contributed by atoms with E-state index >= 15 is 0 Å². The van der Waals surface area contributed by atoms with Gasteiger partial charge in [-0.1, -0.05) is 25.0 Å². The number of halogens is 3. The SMILES string of the molecule is CNC(=O)c1cccc(-c2ccnc(N[C@@H]3CCCC[C@H]3C[C@H]3CCCN(c4ccc(C(F)(F)F)cc4)C3)c2)c1. The normalized spacial score (nSPS) is 21.6. The van der Waals surface area contributed by atoms with Crippen LogP contribution in [-0.4, -0.2) is 37.1 Å². The van der Waals surface area contributed by atoms with Gasteiger partial charge in [-0.2, -0.15) is 13.2 Å². The molecule has 0 spiro atoms. The second-order valence-electron chi connectivity index (χ2n) is 11.1. The second kappa shape index (κ2) is 12.3. The summed E-state index contributed by atoms with van der Waals surface area (Å²) in [6, 6.07) is 17.5. The average Bonchev–Trinajstić information content (AvgIpc) is 2.98. The van der Waals surface area contributed by atoms with Crippen LogP contribution in [0.15, 0.2) is 66.9 Å². The van der Waals surface area contributed by atoms with E-state index in [2.05, 4.69) is 26.6 Å². The molecule has 1 amide bonds. The Kier molecular flexibility index (Phi) is 8.62. The number of aromatic nitrogens is 1. The molecule has 5 rings (SSSR count). The van der Waals surface area contributed by atoms with Gasteiger partial charge in [0.05, 0.1) is 5.56 Å². The molecule has 5 nitrogen and oxygen atoms in total. The number of anilines is 2. The molecule has 2 fully saturated rings. The van der Waals surface area contributed by atoms with Gasteiger partial charge in [0.25, 0.3) is 5.91 Å². The van der Waals surface area contributed by atoms with Crippen molar-refractivity contribution >= 4 is 17.4 Å². The number of pyridine rings is 1. The minimum absolute atomic E-state index is 0.112. The maximum Gasteiger partial charge on any atom is 0.416 e. The number of nitrogens with zero attached hydrogens (tertiary/aromatic N) is 2. The highest BCUT2D eigenvalue weighted by molar-refractivity contribution is 5.95. The van der Waals surface area contributed by atoms with Crippen LogP contribution in [0.25, 0.3) is 11.1 Å². The highest BCUT2D eigenvalue weighted by Gasteiger charge is 2.32. The lowest BCUT2D eigenvalue weighted by Crippen LogP contribution is -2.39. The number of hydrogen-bond acceptors (Lipinski definition) is 4. The molecule has 2 N–H and O–H groups in total. The molecule has 3 atom stereocenters. The summed E-state index contributed by atoms with van der Waals surface area (Å²) in [6.45, 7) is 1.76. The van der Waals surface area contributed by atoms with E-state index in [9.17, 15) is 18.0 Å². The van der Waals surface area contributed by atoms with E-state index in [4.69, 9.17) is 0 Å². The summed E-state index contributed by atoms with van der Waals surface area (Å²) in [4.78, 5) is 19.0. The maximum absolute atomic E-state index is 13.0. The lowest BCUT2D eigenvalue weighted by atomic mass is 9.77. The number of rotatable bonds is 7. The van der Waals surface area contributed by atoms with Crippen LogP contribution >= 0.6 is 0 Å². The number of nitrogens with one attached hydrogen (secondary N) is 2. The molecule has 0 bridgehead atoms. The van der Waals surface area contributed by atoms with E-state index in [1.54, 1.807) is 25.2 Å². The van der Waals surface area contributed by atoms with Crippen LogP contribution in [0.3, 0.4) is 0 Å². The minimum atomic E-state index is -4.31. The Balaban J connectivity index is 1.24. The molecule has 40 heavy (non-hydrogen) atoms. The van der Waals surface area contributed by atoms with Gasteiger partial charge in [0.15, 0.2) is 0 Å². The van der Waals surface area contributed by atoms with Crippen molar-refractivity contribution in [1.82, 2.24) is 10.3 Å². The molecular formula is C32H37F3N4O. The molecule has 2 aliphatic rings. The van der Waals surface area contributed by atoms with E-state index in [0.717, 1.165) is 61.4 Å². The van der Waals surface area contributed by atoms with Crippen molar-refractivity contribution in [3.05, 3.63) is 78.0 Å². The Hall–Kier alpha value is -3.55. The Morgan fingerprint density at radius 2 is 1.75 bits per heavy atom. The van der Waals surface area contributed by atoms with Crippen molar-refractivity contribution in [1.29, 1.82) is 0 Å². The van der Waals surface area contributed by atoms with Gasteiger partial charge in [-0.25, -0.2) is 4.98 Å². The molecule has 2 aromatic carbocycles. The molecule has 1 aliphatic carbocycles. The summed E-state index contributed by atoms with van der Waals surface area (Å²) in [7, 11) is 1.63. The first-order valence-corrected chi connectivity index (χ1v) is 14.3. The van der Waals surface area contributed by atoms with E-state index in [0.29, 0.717) is 23.4 Å². The summed E-state index contributed by atoms with van der Waals surface area (Å²) >= 11 is 0. The van der Waals surface area contributed by atoms with Gasteiger partial charge in [0, 0.05) is 43.6 Å². The molecule has 1 aliphatic heterocycles. The van der Waals surface area contributed by atoms with Crippen molar-refractivity contribution in [2.75, 3.05) is 30.4 Å². The number of amides is 1. The van der Waals surface area contributed by atoms with Crippen LogP contribution in [0.4, 0.5) is 24.7 Å². The van der Waals surface area contributed by atoms with Crippen molar-refractivity contribution in [3.8, 4) is 11.1 Å². The number of carbonyl (C=O) groups excluding carboxylic acids is 1. The second-order valence-corrected chi connectivity index (χ2v) is 11.1. The fourth-order valence-corrected chi connectivity index (χ4v) is 6.32. The summed E-state index contributed by atoms with van der Waals surface area (Å²) in [6.07, 6.45) is 5.47. The van der Waals surface area contributed by atoms with E-state index in [1.807, 2.05) is 30.5 Å². The van der Waals surface area contributed by atoms with Gasteiger partial charge in [-0.15, -0.1) is 0 Å². The molecule has 1 aromatic heterocycles. The third-order valence-corrected chi connectivity index (χ3v) is 8.40. The number of benzene rings is 2. The van der Waals surface area contributed by atoms with Gasteiger partial charge in [0.1, 0.15) is 5.82 Å². The zero-order valence-electron chi connectivity index (χ0n) is 22.9. The highest BCUT2D eigenvalue weighted by Crippen LogP contribution is 2.36. The van der Waals surface area contributed by atoms with Crippen LogP contribution in [0.1, 0.15) is 60.9 Å². The lowest BCUT2D eigenvalue weighted by Gasteiger charge is -2.39. The first kappa shape index (κ1) is 28.0.